The van der Waals surface area contributed by atoms with E-state index in [1.54, 1.807) is 13.8 Å². The molecule has 1 saturated heterocycles. The van der Waals surface area contributed by atoms with Crippen molar-refractivity contribution in [1.82, 2.24) is 5.32 Å². The second kappa shape index (κ2) is 7.84. The second-order valence-corrected chi connectivity index (χ2v) is 4.88. The molecule has 0 radical (unpaired) electrons. The summed E-state index contributed by atoms with van der Waals surface area (Å²) in [6.45, 7) is 4.18. The van der Waals surface area contributed by atoms with Gasteiger partial charge in [-0.25, -0.2) is 0 Å². The van der Waals surface area contributed by atoms with E-state index in [4.69, 9.17) is 15.2 Å². The van der Waals surface area contributed by atoms with E-state index in [1.807, 2.05) is 0 Å². The minimum absolute atomic E-state index is 0.0211. The van der Waals surface area contributed by atoms with Gasteiger partial charge in [-0.1, -0.05) is 6.92 Å². The Morgan fingerprint density at radius 2 is 2.15 bits per heavy atom. The first kappa shape index (κ1) is 16.4. The Hall–Kier alpha value is -1.63. The molecule has 7 nitrogen and oxygen atoms in total. The molecule has 0 aromatic carbocycles. The maximum atomic E-state index is 11.9. The Kier molecular flexibility index (Phi) is 6.44. The van der Waals surface area contributed by atoms with E-state index >= 15 is 0 Å². The molecule has 0 aromatic heterocycles. The van der Waals surface area contributed by atoms with Crippen molar-refractivity contribution in [3.63, 3.8) is 0 Å². The quantitative estimate of drug-likeness (QED) is 0.626. The summed E-state index contributed by atoms with van der Waals surface area (Å²) < 4.78 is 10.1. The monoisotopic (exact) mass is 286 g/mol. The lowest BCUT2D eigenvalue weighted by atomic mass is 9.97. The summed E-state index contributed by atoms with van der Waals surface area (Å²) in [5, 5.41) is 2.56. The molecule has 0 aliphatic carbocycles. The van der Waals surface area contributed by atoms with Gasteiger partial charge < -0.3 is 20.5 Å². The number of nitrogens with two attached hydrogens (primary N) is 1. The standard InChI is InChI=1S/C13H22N2O5/c1-3-19-10(16)7-8(2)11(12(14)17)15-13(18)9-5-4-6-20-9/h8-9,11H,3-7H2,1-2H3,(H2,14,17)(H,15,18)/t8-,9+,11-/m0/s1. The SMILES string of the molecule is CCOC(=O)C[C@H](C)[C@H](NC(=O)[C@H]1CCCO1)C(N)=O. The van der Waals surface area contributed by atoms with E-state index in [2.05, 4.69) is 5.32 Å². The molecule has 0 spiro atoms. The van der Waals surface area contributed by atoms with Gasteiger partial charge in [-0.15, -0.1) is 0 Å². The highest BCUT2D eigenvalue weighted by Crippen LogP contribution is 2.14. The smallest absolute Gasteiger partial charge is 0.306 e. The van der Waals surface area contributed by atoms with Crippen LogP contribution in [0, 0.1) is 5.92 Å². The number of carbonyl (C=O) groups excluding carboxylic acids is 3. The number of hydrogen-bond acceptors (Lipinski definition) is 5. The Balaban J connectivity index is 2.56. The summed E-state index contributed by atoms with van der Waals surface area (Å²) in [5.74, 6) is -1.88. The lowest BCUT2D eigenvalue weighted by molar-refractivity contribution is -0.145. The predicted molar refractivity (Wildman–Crippen MR) is 70.5 cm³/mol. The molecule has 1 rings (SSSR count). The summed E-state index contributed by atoms with van der Waals surface area (Å²) in [7, 11) is 0. The van der Waals surface area contributed by atoms with Gasteiger partial charge >= 0.3 is 5.97 Å². The second-order valence-electron chi connectivity index (χ2n) is 4.88. The van der Waals surface area contributed by atoms with Crippen LogP contribution in [0.4, 0.5) is 0 Å². The van der Waals surface area contributed by atoms with Gasteiger partial charge in [0.1, 0.15) is 12.1 Å². The average molecular weight is 286 g/mol. The number of carbonyl (C=O) groups is 3. The molecular weight excluding hydrogens is 264 g/mol. The van der Waals surface area contributed by atoms with Crippen LogP contribution in [0.25, 0.3) is 0 Å². The van der Waals surface area contributed by atoms with Crippen molar-refractivity contribution in [2.45, 2.75) is 45.3 Å². The summed E-state index contributed by atoms with van der Waals surface area (Å²) in [6.07, 6.45) is 0.931. The fourth-order valence-electron chi connectivity index (χ4n) is 2.13. The molecule has 0 aromatic rings. The topological polar surface area (TPSA) is 108 Å². The van der Waals surface area contributed by atoms with Gasteiger partial charge in [-0.05, 0) is 25.7 Å². The molecule has 3 N–H and O–H groups in total. The Morgan fingerprint density at radius 3 is 2.65 bits per heavy atom. The van der Waals surface area contributed by atoms with Crippen molar-refractivity contribution >= 4 is 17.8 Å². The third-order valence-corrected chi connectivity index (χ3v) is 3.19. The number of amides is 2. The van der Waals surface area contributed by atoms with Crippen molar-refractivity contribution < 1.29 is 23.9 Å². The molecule has 2 amide bonds. The molecule has 1 aliphatic heterocycles. The third-order valence-electron chi connectivity index (χ3n) is 3.19. The summed E-state index contributed by atoms with van der Waals surface area (Å²) in [5.41, 5.74) is 5.29. The average Bonchev–Trinajstić information content (AvgIpc) is 2.89. The molecule has 3 atom stereocenters. The number of ether oxygens (including phenoxy) is 2. The molecule has 114 valence electrons. The zero-order chi connectivity index (χ0) is 15.1. The van der Waals surface area contributed by atoms with Crippen molar-refractivity contribution in [2.75, 3.05) is 13.2 Å². The van der Waals surface area contributed by atoms with Crippen LogP contribution in [0.1, 0.15) is 33.1 Å². The molecular formula is C13H22N2O5. The number of nitrogens with one attached hydrogen (secondary N) is 1. The number of hydrogen-bond donors (Lipinski definition) is 2. The minimum Gasteiger partial charge on any atom is -0.466 e. The highest BCUT2D eigenvalue weighted by Gasteiger charge is 2.31. The van der Waals surface area contributed by atoms with Crippen LogP contribution in [0.15, 0.2) is 0 Å². The van der Waals surface area contributed by atoms with Crippen molar-refractivity contribution in [2.24, 2.45) is 11.7 Å². The lowest BCUT2D eigenvalue weighted by Gasteiger charge is -2.23. The Bertz CT molecular complexity index is 366. The van der Waals surface area contributed by atoms with Crippen molar-refractivity contribution in [1.29, 1.82) is 0 Å². The lowest BCUT2D eigenvalue weighted by Crippen LogP contribution is -2.51. The van der Waals surface area contributed by atoms with Gasteiger partial charge in [0.25, 0.3) is 0 Å². The molecule has 0 saturated carbocycles. The van der Waals surface area contributed by atoms with E-state index in [1.165, 1.54) is 0 Å². The van der Waals surface area contributed by atoms with Gasteiger partial charge in [0.2, 0.25) is 11.8 Å². The van der Waals surface area contributed by atoms with Crippen molar-refractivity contribution in [3.8, 4) is 0 Å². The molecule has 7 heteroatoms. The Labute approximate surface area is 118 Å². The summed E-state index contributed by atoms with van der Waals surface area (Å²) in [6, 6.07) is -0.906. The van der Waals surface area contributed by atoms with Crippen LogP contribution in [-0.4, -0.2) is 43.1 Å². The van der Waals surface area contributed by atoms with Crippen LogP contribution in [0.3, 0.4) is 0 Å². The van der Waals surface area contributed by atoms with Gasteiger partial charge in [-0.2, -0.15) is 0 Å². The number of primary amides is 1. The van der Waals surface area contributed by atoms with Crippen molar-refractivity contribution in [3.05, 3.63) is 0 Å². The predicted octanol–water partition coefficient (Wildman–Crippen LogP) is -0.275. The number of rotatable bonds is 7. The molecule has 1 heterocycles. The van der Waals surface area contributed by atoms with E-state index in [0.717, 1.165) is 6.42 Å². The molecule has 1 aliphatic rings. The van der Waals surface area contributed by atoms with Crippen LogP contribution < -0.4 is 11.1 Å². The van der Waals surface area contributed by atoms with E-state index < -0.39 is 29.9 Å². The maximum Gasteiger partial charge on any atom is 0.306 e. The zero-order valence-electron chi connectivity index (χ0n) is 11.9. The number of esters is 1. The molecule has 1 fully saturated rings. The van der Waals surface area contributed by atoms with Gasteiger partial charge in [0.15, 0.2) is 0 Å². The van der Waals surface area contributed by atoms with E-state index in [0.29, 0.717) is 13.0 Å². The van der Waals surface area contributed by atoms with Crippen LogP contribution in [0.5, 0.6) is 0 Å². The molecule has 0 unspecified atom stereocenters. The van der Waals surface area contributed by atoms with Crippen LogP contribution in [0.2, 0.25) is 0 Å². The first-order valence-electron chi connectivity index (χ1n) is 6.82. The fourth-order valence-corrected chi connectivity index (χ4v) is 2.13. The highest BCUT2D eigenvalue weighted by molar-refractivity contribution is 5.89. The van der Waals surface area contributed by atoms with Crippen LogP contribution >= 0.6 is 0 Å². The van der Waals surface area contributed by atoms with Gasteiger partial charge in [0.05, 0.1) is 13.0 Å². The van der Waals surface area contributed by atoms with E-state index in [-0.39, 0.29) is 18.9 Å². The normalized spacial score (nSPS) is 21.0. The summed E-state index contributed by atoms with van der Waals surface area (Å²) >= 11 is 0. The maximum absolute atomic E-state index is 11.9. The largest absolute Gasteiger partial charge is 0.466 e. The van der Waals surface area contributed by atoms with Gasteiger partial charge in [-0.3, -0.25) is 14.4 Å². The zero-order valence-corrected chi connectivity index (χ0v) is 11.9. The fraction of sp³-hybridized carbons (Fsp3) is 0.769. The minimum atomic E-state index is -0.906. The van der Waals surface area contributed by atoms with Gasteiger partial charge in [0, 0.05) is 6.61 Å². The van der Waals surface area contributed by atoms with E-state index in [9.17, 15) is 14.4 Å². The molecule has 20 heavy (non-hydrogen) atoms. The first-order chi connectivity index (χ1) is 9.45. The summed E-state index contributed by atoms with van der Waals surface area (Å²) in [4.78, 5) is 34.8. The highest BCUT2D eigenvalue weighted by atomic mass is 16.5. The Morgan fingerprint density at radius 1 is 1.45 bits per heavy atom. The molecule has 0 bridgehead atoms. The third kappa shape index (κ3) is 4.80. The van der Waals surface area contributed by atoms with Crippen LogP contribution in [-0.2, 0) is 23.9 Å². The first-order valence-corrected chi connectivity index (χ1v) is 6.82.